The average molecular weight is 477 g/mol. The van der Waals surface area contributed by atoms with E-state index in [1.807, 2.05) is 0 Å². The second-order valence-corrected chi connectivity index (χ2v) is 13.5. The van der Waals surface area contributed by atoms with E-state index in [0.717, 1.165) is 60.7 Å². The zero-order valence-electron chi connectivity index (χ0n) is 22.2. The number of ether oxygens (including phenoxy) is 1. The molecule has 0 bridgehead atoms. The Hall–Kier alpha value is -0.500. The standard InChI is InChI=1S/C30H49ClO2/c1-7-21(19(2)3)9-8-20(4)25-12-13-26-24-11-10-22-18-23(33-28(31)32)14-16-29(22,5)27(24)15-17-30(25,26)6/h10,19-21,23-27H,7-9,11-18H2,1-6H3/t20?,21?,23-,24-,25+,26-,27-,29-,30+/m0/s1. The van der Waals surface area contributed by atoms with Crippen LogP contribution in [-0.4, -0.2) is 11.5 Å². The Bertz CT molecular complexity index is 744. The highest BCUT2D eigenvalue weighted by atomic mass is 35.5. The molecule has 4 aliphatic rings. The summed E-state index contributed by atoms with van der Waals surface area (Å²) in [6.45, 7) is 15.0. The second-order valence-electron chi connectivity index (χ2n) is 13.2. The van der Waals surface area contributed by atoms with E-state index >= 15 is 0 Å². The lowest BCUT2D eigenvalue weighted by atomic mass is 9.47. The summed E-state index contributed by atoms with van der Waals surface area (Å²) in [4.78, 5) is 11.3. The fourth-order valence-corrected chi connectivity index (χ4v) is 9.65. The predicted molar refractivity (Wildman–Crippen MR) is 138 cm³/mol. The van der Waals surface area contributed by atoms with E-state index in [0.29, 0.717) is 10.8 Å². The van der Waals surface area contributed by atoms with Crippen molar-refractivity contribution >= 4 is 17.0 Å². The van der Waals surface area contributed by atoms with Crippen LogP contribution in [0.1, 0.15) is 112 Å². The lowest BCUT2D eigenvalue weighted by molar-refractivity contribution is -0.0576. The molecule has 0 aromatic heterocycles. The van der Waals surface area contributed by atoms with Crippen LogP contribution < -0.4 is 0 Å². The van der Waals surface area contributed by atoms with Crippen molar-refractivity contribution in [1.29, 1.82) is 0 Å². The van der Waals surface area contributed by atoms with Crippen molar-refractivity contribution < 1.29 is 9.53 Å². The van der Waals surface area contributed by atoms with Gasteiger partial charge in [-0.25, -0.2) is 4.79 Å². The largest absolute Gasteiger partial charge is 0.450 e. The number of carbonyl (C=O) groups excluding carboxylic acids is 1. The first-order valence-electron chi connectivity index (χ1n) is 14.2. The molecule has 9 atom stereocenters. The molecule has 0 aromatic carbocycles. The molecule has 0 heterocycles. The van der Waals surface area contributed by atoms with Crippen molar-refractivity contribution in [2.45, 2.75) is 118 Å². The maximum absolute atomic E-state index is 11.3. The van der Waals surface area contributed by atoms with Crippen molar-refractivity contribution in [3.05, 3.63) is 11.6 Å². The molecule has 0 radical (unpaired) electrons. The first kappa shape index (κ1) is 25.6. The van der Waals surface area contributed by atoms with E-state index < -0.39 is 5.43 Å². The fraction of sp³-hybridized carbons (Fsp3) is 0.900. The summed E-state index contributed by atoms with van der Waals surface area (Å²) in [7, 11) is 0. The number of fused-ring (bicyclic) bond motifs is 5. The molecule has 0 aliphatic heterocycles. The van der Waals surface area contributed by atoms with Gasteiger partial charge in [-0.15, -0.1) is 0 Å². The van der Waals surface area contributed by atoms with Crippen molar-refractivity contribution in [1.82, 2.24) is 0 Å². The molecule has 0 aromatic rings. The number of rotatable bonds is 7. The van der Waals surface area contributed by atoms with Crippen LogP contribution in [0.2, 0.25) is 0 Å². The molecule has 2 nitrogen and oxygen atoms in total. The smallest absolute Gasteiger partial charge is 0.404 e. The Morgan fingerprint density at radius 1 is 1.09 bits per heavy atom. The van der Waals surface area contributed by atoms with Crippen LogP contribution in [0.25, 0.3) is 0 Å². The van der Waals surface area contributed by atoms with Gasteiger partial charge in [0.1, 0.15) is 6.10 Å². The normalized spacial score (nSPS) is 42.1. The Morgan fingerprint density at radius 2 is 1.85 bits per heavy atom. The second kappa shape index (κ2) is 9.87. The fourth-order valence-electron chi connectivity index (χ4n) is 9.52. The molecule has 0 saturated heterocycles. The van der Waals surface area contributed by atoms with Gasteiger partial charge >= 0.3 is 5.43 Å². The third-order valence-electron chi connectivity index (χ3n) is 11.5. The van der Waals surface area contributed by atoms with Gasteiger partial charge < -0.3 is 4.74 Å². The summed E-state index contributed by atoms with van der Waals surface area (Å²) in [6, 6.07) is 0. The van der Waals surface area contributed by atoms with E-state index in [1.165, 1.54) is 51.4 Å². The van der Waals surface area contributed by atoms with Crippen LogP contribution in [0.5, 0.6) is 0 Å². The Kier molecular flexibility index (Phi) is 7.65. The minimum absolute atomic E-state index is 0.0192. The maximum Gasteiger partial charge on any atom is 0.404 e. The van der Waals surface area contributed by atoms with E-state index in [1.54, 1.807) is 5.57 Å². The molecule has 3 saturated carbocycles. The number of allylic oxidation sites excluding steroid dienone is 1. The Labute approximate surface area is 208 Å². The van der Waals surface area contributed by atoms with Crippen molar-refractivity contribution in [3.63, 3.8) is 0 Å². The van der Waals surface area contributed by atoms with E-state index in [4.69, 9.17) is 16.3 Å². The summed E-state index contributed by atoms with van der Waals surface area (Å²) >= 11 is 5.53. The molecule has 2 unspecified atom stereocenters. The first-order valence-corrected chi connectivity index (χ1v) is 14.5. The van der Waals surface area contributed by atoms with Crippen LogP contribution in [0.4, 0.5) is 4.79 Å². The molecular weight excluding hydrogens is 428 g/mol. The molecular formula is C30H49ClO2. The highest BCUT2D eigenvalue weighted by Gasteiger charge is 2.59. The van der Waals surface area contributed by atoms with Crippen molar-refractivity contribution in [2.24, 2.45) is 52.3 Å². The number of carbonyl (C=O) groups is 1. The molecule has 0 N–H and O–H groups in total. The lowest BCUT2D eigenvalue weighted by Gasteiger charge is -2.58. The SMILES string of the molecule is CCC(CCC(C)[C@H]1CC[C@H]2[C@@H]3CC=C4C[C@@H](OC(=O)Cl)CC[C@]4(C)[C@H]3CC[C@]12C)C(C)C. The van der Waals surface area contributed by atoms with Crippen molar-refractivity contribution in [3.8, 4) is 0 Å². The molecule has 0 spiro atoms. The van der Waals surface area contributed by atoms with Crippen LogP contribution in [-0.2, 0) is 4.74 Å². The number of hydrogen-bond donors (Lipinski definition) is 0. The van der Waals surface area contributed by atoms with Gasteiger partial charge in [-0.2, -0.15) is 0 Å². The quantitative estimate of drug-likeness (QED) is 0.270. The minimum Gasteiger partial charge on any atom is -0.450 e. The van der Waals surface area contributed by atoms with E-state index in [-0.39, 0.29) is 6.10 Å². The van der Waals surface area contributed by atoms with Gasteiger partial charge in [0.25, 0.3) is 0 Å². The maximum atomic E-state index is 11.3. The molecule has 33 heavy (non-hydrogen) atoms. The van der Waals surface area contributed by atoms with E-state index in [2.05, 4.69) is 47.6 Å². The van der Waals surface area contributed by atoms with Crippen molar-refractivity contribution in [2.75, 3.05) is 0 Å². The van der Waals surface area contributed by atoms with E-state index in [9.17, 15) is 4.79 Å². The third-order valence-corrected chi connectivity index (χ3v) is 11.6. The molecule has 188 valence electrons. The summed E-state index contributed by atoms with van der Waals surface area (Å²) < 4.78 is 5.40. The topological polar surface area (TPSA) is 26.3 Å². The Morgan fingerprint density at radius 3 is 2.52 bits per heavy atom. The highest BCUT2D eigenvalue weighted by Crippen LogP contribution is 2.67. The monoisotopic (exact) mass is 476 g/mol. The summed E-state index contributed by atoms with van der Waals surface area (Å²) in [6.07, 6.45) is 16.6. The highest BCUT2D eigenvalue weighted by molar-refractivity contribution is 6.61. The van der Waals surface area contributed by atoms with Crippen LogP contribution in [0.15, 0.2) is 11.6 Å². The third kappa shape index (κ3) is 4.68. The molecule has 3 fully saturated rings. The predicted octanol–water partition coefficient (Wildman–Crippen LogP) is 9.41. The average Bonchev–Trinajstić information content (AvgIpc) is 3.11. The van der Waals surface area contributed by atoms with Crippen LogP contribution in [0.3, 0.4) is 0 Å². The van der Waals surface area contributed by atoms with Gasteiger partial charge in [-0.3, -0.25) is 0 Å². The summed E-state index contributed by atoms with van der Waals surface area (Å²) in [5.41, 5.74) is 1.75. The summed E-state index contributed by atoms with van der Waals surface area (Å²) in [5, 5.41) is 0. The van der Waals surface area contributed by atoms with Gasteiger partial charge in [0.05, 0.1) is 0 Å². The van der Waals surface area contributed by atoms with Gasteiger partial charge in [0, 0.05) is 18.0 Å². The number of hydrogen-bond acceptors (Lipinski definition) is 2. The van der Waals surface area contributed by atoms with Gasteiger partial charge in [-0.05, 0) is 104 Å². The molecule has 0 amide bonds. The van der Waals surface area contributed by atoms with Gasteiger partial charge in [0.2, 0.25) is 0 Å². The lowest BCUT2D eigenvalue weighted by Crippen LogP contribution is -2.51. The zero-order chi connectivity index (χ0) is 24.0. The molecule has 4 rings (SSSR count). The number of halogens is 1. The Balaban J connectivity index is 1.46. The minimum atomic E-state index is -0.643. The zero-order valence-corrected chi connectivity index (χ0v) is 22.9. The van der Waals surface area contributed by atoms with Crippen LogP contribution >= 0.6 is 11.6 Å². The van der Waals surface area contributed by atoms with Gasteiger partial charge in [-0.1, -0.05) is 66.0 Å². The van der Waals surface area contributed by atoms with Gasteiger partial charge in [0.15, 0.2) is 0 Å². The molecule has 4 aliphatic carbocycles. The first-order chi connectivity index (χ1) is 15.6. The molecule has 3 heteroatoms. The summed E-state index contributed by atoms with van der Waals surface area (Å²) in [5.74, 6) is 6.02. The van der Waals surface area contributed by atoms with Crippen LogP contribution in [0, 0.1) is 52.3 Å².